The van der Waals surface area contributed by atoms with Crippen molar-refractivity contribution in [1.29, 1.82) is 0 Å². The molecular formula is C13H25NO2. The van der Waals surface area contributed by atoms with Crippen molar-refractivity contribution in [2.75, 3.05) is 32.9 Å². The van der Waals surface area contributed by atoms with E-state index >= 15 is 0 Å². The van der Waals surface area contributed by atoms with E-state index in [2.05, 4.69) is 5.32 Å². The van der Waals surface area contributed by atoms with E-state index in [-0.39, 0.29) is 0 Å². The van der Waals surface area contributed by atoms with Crippen LogP contribution in [0.5, 0.6) is 0 Å². The van der Waals surface area contributed by atoms with Crippen LogP contribution in [-0.4, -0.2) is 39.0 Å². The highest BCUT2D eigenvalue weighted by molar-refractivity contribution is 4.68. The Morgan fingerprint density at radius 3 is 2.62 bits per heavy atom. The summed E-state index contributed by atoms with van der Waals surface area (Å²) < 4.78 is 11.1. The molecule has 2 fully saturated rings. The van der Waals surface area contributed by atoms with Gasteiger partial charge in [0.2, 0.25) is 0 Å². The van der Waals surface area contributed by atoms with Gasteiger partial charge in [-0.15, -0.1) is 0 Å². The van der Waals surface area contributed by atoms with E-state index in [1.807, 2.05) is 0 Å². The van der Waals surface area contributed by atoms with E-state index in [9.17, 15) is 0 Å². The molecule has 2 aliphatic heterocycles. The highest BCUT2D eigenvalue weighted by Gasteiger charge is 2.15. The molecule has 0 aromatic carbocycles. The Morgan fingerprint density at radius 2 is 1.88 bits per heavy atom. The maximum Gasteiger partial charge on any atom is 0.0587 e. The summed E-state index contributed by atoms with van der Waals surface area (Å²) in [5, 5.41) is 3.57. The first-order valence-electron chi connectivity index (χ1n) is 6.85. The smallest absolute Gasteiger partial charge is 0.0587 e. The van der Waals surface area contributed by atoms with Crippen molar-refractivity contribution >= 4 is 0 Å². The Labute approximate surface area is 98.9 Å². The van der Waals surface area contributed by atoms with Gasteiger partial charge < -0.3 is 14.8 Å². The first-order valence-corrected chi connectivity index (χ1v) is 6.85. The SMILES string of the molecule is C1CCC(CCNCC2CCOCC2)OC1. The maximum atomic E-state index is 5.71. The molecule has 0 aromatic rings. The summed E-state index contributed by atoms with van der Waals surface area (Å²) in [5.41, 5.74) is 0. The number of rotatable bonds is 5. The number of ether oxygens (including phenoxy) is 2. The van der Waals surface area contributed by atoms with Crippen LogP contribution in [0.2, 0.25) is 0 Å². The van der Waals surface area contributed by atoms with Crippen molar-refractivity contribution in [3.05, 3.63) is 0 Å². The lowest BCUT2D eigenvalue weighted by Gasteiger charge is -2.24. The van der Waals surface area contributed by atoms with Crippen molar-refractivity contribution in [2.45, 2.75) is 44.6 Å². The van der Waals surface area contributed by atoms with E-state index in [1.165, 1.54) is 38.5 Å². The van der Waals surface area contributed by atoms with Crippen LogP contribution in [0, 0.1) is 5.92 Å². The Kier molecular flexibility index (Phi) is 5.59. The van der Waals surface area contributed by atoms with E-state index in [1.54, 1.807) is 0 Å². The van der Waals surface area contributed by atoms with Gasteiger partial charge in [-0.2, -0.15) is 0 Å². The second-order valence-electron chi connectivity index (χ2n) is 5.04. The summed E-state index contributed by atoms with van der Waals surface area (Å²) in [5.74, 6) is 0.834. The topological polar surface area (TPSA) is 30.5 Å². The molecule has 0 radical (unpaired) electrons. The van der Waals surface area contributed by atoms with Gasteiger partial charge >= 0.3 is 0 Å². The van der Waals surface area contributed by atoms with Crippen LogP contribution in [0.25, 0.3) is 0 Å². The lowest BCUT2D eigenvalue weighted by atomic mass is 10.0. The second-order valence-corrected chi connectivity index (χ2v) is 5.04. The fourth-order valence-corrected chi connectivity index (χ4v) is 2.55. The molecule has 0 amide bonds. The minimum atomic E-state index is 0.524. The monoisotopic (exact) mass is 227 g/mol. The van der Waals surface area contributed by atoms with E-state index in [0.717, 1.165) is 38.8 Å². The standard InChI is InChI=1S/C13H25NO2/c1-2-8-16-13(3-1)4-7-14-11-12-5-9-15-10-6-12/h12-14H,1-11H2. The normalized spacial score (nSPS) is 28.1. The van der Waals surface area contributed by atoms with Crippen molar-refractivity contribution in [3.63, 3.8) is 0 Å². The highest BCUT2D eigenvalue weighted by Crippen LogP contribution is 2.15. The van der Waals surface area contributed by atoms with Crippen LogP contribution in [0.3, 0.4) is 0 Å². The maximum absolute atomic E-state index is 5.71. The summed E-state index contributed by atoms with van der Waals surface area (Å²) >= 11 is 0. The van der Waals surface area contributed by atoms with Crippen LogP contribution in [0.15, 0.2) is 0 Å². The van der Waals surface area contributed by atoms with Gasteiger partial charge in [0, 0.05) is 19.8 Å². The fourth-order valence-electron chi connectivity index (χ4n) is 2.55. The molecule has 1 unspecified atom stereocenters. The molecule has 0 saturated carbocycles. The molecule has 1 N–H and O–H groups in total. The van der Waals surface area contributed by atoms with Crippen LogP contribution >= 0.6 is 0 Å². The number of hydrogen-bond acceptors (Lipinski definition) is 3. The molecule has 2 aliphatic rings. The number of nitrogens with one attached hydrogen (secondary N) is 1. The van der Waals surface area contributed by atoms with Crippen LogP contribution in [-0.2, 0) is 9.47 Å². The van der Waals surface area contributed by atoms with Gasteiger partial charge in [0.25, 0.3) is 0 Å². The summed E-state index contributed by atoms with van der Waals surface area (Å²) in [6, 6.07) is 0. The quantitative estimate of drug-likeness (QED) is 0.728. The van der Waals surface area contributed by atoms with Crippen molar-refractivity contribution < 1.29 is 9.47 Å². The Bertz CT molecular complexity index is 155. The fraction of sp³-hybridized carbons (Fsp3) is 1.00. The zero-order valence-electron chi connectivity index (χ0n) is 10.2. The minimum Gasteiger partial charge on any atom is -0.381 e. The van der Waals surface area contributed by atoms with E-state index in [0.29, 0.717) is 6.10 Å². The van der Waals surface area contributed by atoms with Gasteiger partial charge in [0.1, 0.15) is 0 Å². The van der Waals surface area contributed by atoms with Crippen LogP contribution < -0.4 is 5.32 Å². The Hall–Kier alpha value is -0.120. The third-order valence-corrected chi connectivity index (χ3v) is 3.69. The van der Waals surface area contributed by atoms with Gasteiger partial charge in [0.05, 0.1) is 6.10 Å². The molecule has 0 spiro atoms. The first-order chi connectivity index (χ1) is 7.95. The van der Waals surface area contributed by atoms with Gasteiger partial charge in [-0.1, -0.05) is 0 Å². The van der Waals surface area contributed by atoms with Crippen molar-refractivity contribution in [1.82, 2.24) is 5.32 Å². The number of hydrogen-bond donors (Lipinski definition) is 1. The van der Waals surface area contributed by atoms with Crippen molar-refractivity contribution in [3.8, 4) is 0 Å². The predicted octanol–water partition coefficient (Wildman–Crippen LogP) is 1.96. The van der Waals surface area contributed by atoms with E-state index < -0.39 is 0 Å². The summed E-state index contributed by atoms with van der Waals surface area (Å²) in [6.07, 6.45) is 8.04. The van der Waals surface area contributed by atoms with Gasteiger partial charge in [-0.3, -0.25) is 0 Å². The Balaban J connectivity index is 1.47. The van der Waals surface area contributed by atoms with E-state index in [4.69, 9.17) is 9.47 Å². The molecule has 1 atom stereocenters. The zero-order chi connectivity index (χ0) is 11.1. The second kappa shape index (κ2) is 7.25. The highest BCUT2D eigenvalue weighted by atomic mass is 16.5. The van der Waals surface area contributed by atoms with Crippen LogP contribution in [0.1, 0.15) is 38.5 Å². The van der Waals surface area contributed by atoms with Gasteiger partial charge in [-0.05, 0) is 57.5 Å². The largest absolute Gasteiger partial charge is 0.381 e. The molecule has 3 nitrogen and oxygen atoms in total. The zero-order valence-corrected chi connectivity index (χ0v) is 10.2. The Morgan fingerprint density at radius 1 is 1.00 bits per heavy atom. The average Bonchev–Trinajstić information content (AvgIpc) is 2.37. The lowest BCUT2D eigenvalue weighted by Crippen LogP contribution is -2.31. The molecule has 16 heavy (non-hydrogen) atoms. The summed E-state index contributed by atoms with van der Waals surface area (Å²) in [6.45, 7) is 5.17. The molecule has 2 rings (SSSR count). The third kappa shape index (κ3) is 4.40. The minimum absolute atomic E-state index is 0.524. The predicted molar refractivity (Wildman–Crippen MR) is 64.6 cm³/mol. The third-order valence-electron chi connectivity index (χ3n) is 3.69. The molecular weight excluding hydrogens is 202 g/mol. The molecule has 2 saturated heterocycles. The molecule has 3 heteroatoms. The summed E-state index contributed by atoms with van der Waals surface area (Å²) in [7, 11) is 0. The molecule has 0 bridgehead atoms. The first kappa shape index (κ1) is 12.3. The van der Waals surface area contributed by atoms with Gasteiger partial charge in [-0.25, -0.2) is 0 Å². The van der Waals surface area contributed by atoms with Gasteiger partial charge in [0.15, 0.2) is 0 Å². The average molecular weight is 227 g/mol. The summed E-state index contributed by atoms with van der Waals surface area (Å²) in [4.78, 5) is 0. The molecule has 0 aliphatic carbocycles. The van der Waals surface area contributed by atoms with Crippen LogP contribution in [0.4, 0.5) is 0 Å². The van der Waals surface area contributed by atoms with Crippen molar-refractivity contribution in [2.24, 2.45) is 5.92 Å². The molecule has 94 valence electrons. The lowest BCUT2D eigenvalue weighted by molar-refractivity contribution is 0.0110. The molecule has 2 heterocycles. The molecule has 0 aromatic heterocycles.